The van der Waals surface area contributed by atoms with Crippen LogP contribution < -0.4 is 0 Å². The van der Waals surface area contributed by atoms with E-state index in [0.717, 1.165) is 25.7 Å². The smallest absolute Gasteiger partial charge is 0.183 e. The van der Waals surface area contributed by atoms with Gasteiger partial charge in [-0.15, -0.1) is 0 Å². The van der Waals surface area contributed by atoms with Crippen LogP contribution in [0.2, 0.25) is 0 Å². The highest BCUT2D eigenvalue weighted by molar-refractivity contribution is 5.93. The number of Topliss-reactive ketones (excluding diaryl/α,β-unsaturated/α-hetero) is 1. The van der Waals surface area contributed by atoms with Gasteiger partial charge in [-0.25, -0.2) is 0 Å². The van der Waals surface area contributed by atoms with Crippen molar-refractivity contribution in [1.29, 1.82) is 0 Å². The summed E-state index contributed by atoms with van der Waals surface area (Å²) in [6.07, 6.45) is 13.1. The molecule has 120 valence electrons. The molecule has 1 rings (SSSR count). The minimum absolute atomic E-state index is 0.191. The Morgan fingerprint density at radius 3 is 2.71 bits per heavy atom. The zero-order valence-electron chi connectivity index (χ0n) is 13.4. The van der Waals surface area contributed by atoms with E-state index in [4.69, 9.17) is 0 Å². The van der Waals surface area contributed by atoms with Crippen molar-refractivity contribution in [3.05, 3.63) is 12.2 Å². The molecule has 21 heavy (non-hydrogen) atoms. The van der Waals surface area contributed by atoms with E-state index in [1.54, 1.807) is 0 Å². The van der Waals surface area contributed by atoms with Crippen LogP contribution in [-0.2, 0) is 9.59 Å². The number of unbranched alkanes of at least 4 members (excludes halogenated alkanes) is 5. The first-order valence-corrected chi connectivity index (χ1v) is 8.55. The highest BCUT2D eigenvalue weighted by Crippen LogP contribution is 2.22. The number of hydrogen-bond donors (Lipinski definition) is 1. The molecule has 3 heteroatoms. The Balaban J connectivity index is 2.16. The average Bonchev–Trinajstić information content (AvgIpc) is 2.48. The van der Waals surface area contributed by atoms with Crippen molar-refractivity contribution in [2.24, 2.45) is 5.92 Å². The minimum Gasteiger partial charge on any atom is -0.385 e. The molecule has 0 radical (unpaired) electrons. The van der Waals surface area contributed by atoms with Gasteiger partial charge in [0.1, 0.15) is 11.9 Å². The molecule has 0 heterocycles. The first kappa shape index (κ1) is 18.1. The monoisotopic (exact) mass is 294 g/mol. The molecular weight excluding hydrogens is 264 g/mol. The second-order valence-electron chi connectivity index (χ2n) is 6.23. The summed E-state index contributed by atoms with van der Waals surface area (Å²) < 4.78 is 0. The third-order valence-corrected chi connectivity index (χ3v) is 4.21. The third-order valence-electron chi connectivity index (χ3n) is 4.21. The molecule has 0 bridgehead atoms. The van der Waals surface area contributed by atoms with Crippen molar-refractivity contribution in [2.75, 3.05) is 0 Å². The van der Waals surface area contributed by atoms with Gasteiger partial charge < -0.3 is 5.11 Å². The number of carbonyl (C=O) groups excluding carboxylic acids is 2. The second kappa shape index (κ2) is 10.7. The molecule has 0 aromatic rings. The van der Waals surface area contributed by atoms with Crippen LogP contribution in [0.25, 0.3) is 0 Å². The average molecular weight is 294 g/mol. The second-order valence-corrected chi connectivity index (χ2v) is 6.23. The highest BCUT2D eigenvalue weighted by Gasteiger charge is 2.18. The van der Waals surface area contributed by atoms with Gasteiger partial charge in [-0.3, -0.25) is 9.59 Å². The third kappa shape index (κ3) is 8.15. The number of rotatable bonds is 10. The lowest BCUT2D eigenvalue weighted by atomic mass is 9.88. The molecule has 1 saturated carbocycles. The summed E-state index contributed by atoms with van der Waals surface area (Å²) in [5.41, 5.74) is 0. The van der Waals surface area contributed by atoms with E-state index >= 15 is 0 Å². The van der Waals surface area contributed by atoms with Crippen molar-refractivity contribution in [3.63, 3.8) is 0 Å². The van der Waals surface area contributed by atoms with Crippen molar-refractivity contribution in [3.8, 4) is 0 Å². The van der Waals surface area contributed by atoms with Crippen molar-refractivity contribution >= 4 is 11.6 Å². The molecule has 1 fully saturated rings. The summed E-state index contributed by atoms with van der Waals surface area (Å²) in [4.78, 5) is 23.1. The van der Waals surface area contributed by atoms with Crippen molar-refractivity contribution in [1.82, 2.24) is 0 Å². The molecule has 0 saturated heterocycles. The summed E-state index contributed by atoms with van der Waals surface area (Å²) in [7, 11) is 0. The van der Waals surface area contributed by atoms with E-state index in [-0.39, 0.29) is 17.5 Å². The van der Waals surface area contributed by atoms with Gasteiger partial charge in [0.15, 0.2) is 5.78 Å². The zero-order valence-corrected chi connectivity index (χ0v) is 13.4. The van der Waals surface area contributed by atoms with E-state index in [9.17, 15) is 14.7 Å². The fraction of sp³-hybridized carbons (Fsp3) is 0.778. The van der Waals surface area contributed by atoms with Crippen LogP contribution in [-0.4, -0.2) is 22.8 Å². The Labute approximate surface area is 128 Å². The standard InChI is InChI=1S/C18H30O3/c1-2-3-4-5-6-7-11-17(20)18(21)13-12-15-9-8-10-16(19)14-15/h12-13,15,17,20H,2-11,14H2,1H3/b13-12+/t15-,17-/m0/s1. The molecule has 0 aliphatic heterocycles. The van der Waals surface area contributed by atoms with Crippen molar-refractivity contribution in [2.45, 2.75) is 83.7 Å². The zero-order chi connectivity index (χ0) is 15.5. The van der Waals surface area contributed by atoms with Crippen LogP contribution in [0.5, 0.6) is 0 Å². The number of aliphatic hydroxyl groups is 1. The van der Waals surface area contributed by atoms with Gasteiger partial charge in [-0.05, 0) is 31.3 Å². The first-order valence-electron chi connectivity index (χ1n) is 8.55. The van der Waals surface area contributed by atoms with Gasteiger partial charge >= 0.3 is 0 Å². The maximum Gasteiger partial charge on any atom is 0.183 e. The number of carbonyl (C=O) groups is 2. The summed E-state index contributed by atoms with van der Waals surface area (Å²) in [6.45, 7) is 2.19. The van der Waals surface area contributed by atoms with E-state index in [0.29, 0.717) is 19.3 Å². The number of ketones is 2. The van der Waals surface area contributed by atoms with Crippen LogP contribution in [0, 0.1) is 5.92 Å². The Kier molecular flexibility index (Phi) is 9.24. The van der Waals surface area contributed by atoms with E-state index < -0.39 is 6.10 Å². The van der Waals surface area contributed by atoms with E-state index in [2.05, 4.69) is 6.92 Å². The van der Waals surface area contributed by atoms with Crippen LogP contribution in [0.4, 0.5) is 0 Å². The van der Waals surface area contributed by atoms with Gasteiger partial charge in [-0.2, -0.15) is 0 Å². The normalized spacial score (nSPS) is 20.9. The molecule has 0 amide bonds. The van der Waals surface area contributed by atoms with Crippen LogP contribution in [0.15, 0.2) is 12.2 Å². The number of aliphatic hydroxyl groups excluding tert-OH is 1. The fourth-order valence-corrected chi connectivity index (χ4v) is 2.82. The summed E-state index contributed by atoms with van der Waals surface area (Å²) >= 11 is 0. The molecule has 1 aliphatic carbocycles. The number of hydrogen-bond acceptors (Lipinski definition) is 3. The molecular formula is C18H30O3. The highest BCUT2D eigenvalue weighted by atomic mass is 16.3. The quantitative estimate of drug-likeness (QED) is 0.490. The number of allylic oxidation sites excluding steroid dienone is 1. The van der Waals surface area contributed by atoms with Gasteiger partial charge in [0.25, 0.3) is 0 Å². The first-order chi connectivity index (χ1) is 10.1. The van der Waals surface area contributed by atoms with Crippen LogP contribution in [0.3, 0.4) is 0 Å². The molecule has 3 nitrogen and oxygen atoms in total. The summed E-state index contributed by atoms with van der Waals surface area (Å²) in [5, 5.41) is 9.83. The molecule has 0 aromatic carbocycles. The Morgan fingerprint density at radius 1 is 1.29 bits per heavy atom. The lowest BCUT2D eigenvalue weighted by Crippen LogP contribution is -2.19. The fourth-order valence-electron chi connectivity index (χ4n) is 2.82. The van der Waals surface area contributed by atoms with Gasteiger partial charge in [0, 0.05) is 12.8 Å². The van der Waals surface area contributed by atoms with Gasteiger partial charge in [0.05, 0.1) is 0 Å². The lowest BCUT2D eigenvalue weighted by molar-refractivity contribution is -0.123. The van der Waals surface area contributed by atoms with Crippen LogP contribution >= 0.6 is 0 Å². The Hall–Kier alpha value is -0.960. The predicted octanol–water partition coefficient (Wildman–Crippen LogP) is 3.98. The molecule has 1 aliphatic rings. The van der Waals surface area contributed by atoms with E-state index in [1.807, 2.05) is 6.08 Å². The van der Waals surface area contributed by atoms with E-state index in [1.165, 1.54) is 31.8 Å². The maximum atomic E-state index is 11.8. The topological polar surface area (TPSA) is 54.4 Å². The van der Waals surface area contributed by atoms with Crippen LogP contribution in [0.1, 0.15) is 77.6 Å². The maximum absolute atomic E-state index is 11.8. The summed E-state index contributed by atoms with van der Waals surface area (Å²) in [6, 6.07) is 0. The predicted molar refractivity (Wildman–Crippen MR) is 85.1 cm³/mol. The molecule has 1 N–H and O–H groups in total. The van der Waals surface area contributed by atoms with Gasteiger partial charge in [-0.1, -0.05) is 51.5 Å². The summed E-state index contributed by atoms with van der Waals surface area (Å²) in [5.74, 6) is 0.272. The Bertz CT molecular complexity index is 346. The molecule has 0 aromatic heterocycles. The Morgan fingerprint density at radius 2 is 2.00 bits per heavy atom. The minimum atomic E-state index is -0.869. The van der Waals surface area contributed by atoms with Gasteiger partial charge in [0.2, 0.25) is 0 Å². The molecule has 0 spiro atoms. The SMILES string of the molecule is CCCCCCCC[C@H](O)C(=O)/C=C/[C@@H]1CCCC(=O)C1. The van der Waals surface area contributed by atoms with Crippen molar-refractivity contribution < 1.29 is 14.7 Å². The molecule has 0 unspecified atom stereocenters. The lowest BCUT2D eigenvalue weighted by Gasteiger charge is -2.17. The largest absolute Gasteiger partial charge is 0.385 e. The molecule has 2 atom stereocenters.